The molecule has 0 bridgehead atoms. The highest BCUT2D eigenvalue weighted by Crippen LogP contribution is 2.33. The second kappa shape index (κ2) is 6.67. The molecule has 2 aliphatic rings. The van der Waals surface area contributed by atoms with Gasteiger partial charge in [-0.15, -0.1) is 0 Å². The van der Waals surface area contributed by atoms with Crippen LogP contribution in [0.25, 0.3) is 0 Å². The van der Waals surface area contributed by atoms with Crippen molar-refractivity contribution in [1.82, 2.24) is 4.90 Å². The third kappa shape index (κ3) is 3.24. The van der Waals surface area contributed by atoms with Crippen molar-refractivity contribution in [3.05, 3.63) is 52.7 Å². The van der Waals surface area contributed by atoms with Crippen LogP contribution in [0, 0.1) is 0 Å². The highest BCUT2D eigenvalue weighted by Gasteiger charge is 2.42. The lowest BCUT2D eigenvalue weighted by Crippen LogP contribution is -2.58. The molecule has 0 unspecified atom stereocenters. The van der Waals surface area contributed by atoms with Gasteiger partial charge < -0.3 is 9.64 Å². The molecule has 2 fully saturated rings. The molecule has 4 rings (SSSR count). The topological polar surface area (TPSA) is 32.8 Å². The summed E-state index contributed by atoms with van der Waals surface area (Å²) >= 11 is 1.75. The Kier molecular flexibility index (Phi) is 4.39. The summed E-state index contributed by atoms with van der Waals surface area (Å²) in [6, 6.07) is 12.1. The van der Waals surface area contributed by atoms with Gasteiger partial charge in [0.25, 0.3) is 5.91 Å². The molecule has 2 aromatic rings. The van der Waals surface area contributed by atoms with Crippen molar-refractivity contribution in [2.24, 2.45) is 0 Å². The molecule has 0 saturated carbocycles. The van der Waals surface area contributed by atoms with Crippen LogP contribution >= 0.6 is 11.3 Å². The third-order valence-electron chi connectivity index (χ3n) is 5.07. The van der Waals surface area contributed by atoms with E-state index in [0.29, 0.717) is 6.54 Å². The fraction of sp³-hybridized carbons (Fsp3) is 0.421. The molecule has 5 heteroatoms. The van der Waals surface area contributed by atoms with Crippen LogP contribution in [0.5, 0.6) is 0 Å². The van der Waals surface area contributed by atoms with E-state index in [2.05, 4.69) is 21.7 Å². The number of morpholine rings is 1. The van der Waals surface area contributed by atoms with Crippen LogP contribution in [0.3, 0.4) is 0 Å². The molecule has 3 heterocycles. The van der Waals surface area contributed by atoms with Gasteiger partial charge in [0, 0.05) is 25.3 Å². The van der Waals surface area contributed by atoms with E-state index in [1.165, 1.54) is 5.56 Å². The van der Waals surface area contributed by atoms with E-state index in [1.807, 2.05) is 35.2 Å². The predicted octanol–water partition coefficient (Wildman–Crippen LogP) is 3.15. The van der Waals surface area contributed by atoms with Crippen molar-refractivity contribution >= 4 is 22.9 Å². The van der Waals surface area contributed by atoms with E-state index in [1.54, 1.807) is 11.3 Å². The van der Waals surface area contributed by atoms with Gasteiger partial charge in [-0.1, -0.05) is 18.2 Å². The lowest BCUT2D eigenvalue weighted by Gasteiger charge is -2.47. The Morgan fingerprint density at radius 1 is 1.12 bits per heavy atom. The van der Waals surface area contributed by atoms with Gasteiger partial charge in [0.05, 0.1) is 12.1 Å². The van der Waals surface area contributed by atoms with E-state index in [4.69, 9.17) is 4.74 Å². The van der Waals surface area contributed by atoms with E-state index >= 15 is 0 Å². The Balaban J connectivity index is 1.42. The number of carbonyl (C=O) groups excluding carboxylic acids is 1. The molecule has 0 N–H and O–H groups in total. The number of piperidine rings is 1. The van der Waals surface area contributed by atoms with Gasteiger partial charge in [-0.3, -0.25) is 9.69 Å². The van der Waals surface area contributed by atoms with Crippen LogP contribution in [0.2, 0.25) is 0 Å². The third-order valence-corrected chi connectivity index (χ3v) is 5.80. The SMILES string of the molecule is O=C1COC2(CCN(Cc3ccsc3)CC2)CN1c1ccccc1. The largest absolute Gasteiger partial charge is 0.363 e. The average Bonchev–Trinajstić information content (AvgIpc) is 3.13. The van der Waals surface area contributed by atoms with Gasteiger partial charge >= 0.3 is 0 Å². The Bertz CT molecular complexity index is 679. The number of benzene rings is 1. The smallest absolute Gasteiger partial charge is 0.253 e. The number of carbonyl (C=O) groups is 1. The zero-order valence-electron chi connectivity index (χ0n) is 13.7. The van der Waals surface area contributed by atoms with Crippen LogP contribution in [0.1, 0.15) is 18.4 Å². The Morgan fingerprint density at radius 3 is 2.62 bits per heavy atom. The Morgan fingerprint density at radius 2 is 1.92 bits per heavy atom. The minimum Gasteiger partial charge on any atom is -0.363 e. The van der Waals surface area contributed by atoms with Crippen molar-refractivity contribution < 1.29 is 9.53 Å². The molecule has 0 aliphatic carbocycles. The van der Waals surface area contributed by atoms with Crippen molar-refractivity contribution in [2.75, 3.05) is 31.1 Å². The van der Waals surface area contributed by atoms with Crippen LogP contribution in [0.15, 0.2) is 47.2 Å². The summed E-state index contributed by atoms with van der Waals surface area (Å²) in [4.78, 5) is 16.7. The zero-order chi connectivity index (χ0) is 16.4. The Hall–Kier alpha value is -1.69. The Labute approximate surface area is 146 Å². The molecule has 126 valence electrons. The van der Waals surface area contributed by atoms with Gasteiger partial charge in [0.15, 0.2) is 0 Å². The van der Waals surface area contributed by atoms with Crippen molar-refractivity contribution in [2.45, 2.75) is 25.0 Å². The van der Waals surface area contributed by atoms with E-state index in [-0.39, 0.29) is 18.1 Å². The van der Waals surface area contributed by atoms with Crippen molar-refractivity contribution in [3.8, 4) is 0 Å². The maximum absolute atomic E-state index is 12.3. The summed E-state index contributed by atoms with van der Waals surface area (Å²) in [5.74, 6) is 0.0625. The first-order chi connectivity index (χ1) is 11.7. The fourth-order valence-corrected chi connectivity index (χ4v) is 4.28. The number of thiophene rings is 1. The molecule has 2 saturated heterocycles. The summed E-state index contributed by atoms with van der Waals surface area (Å²) in [5, 5.41) is 4.35. The molecule has 0 radical (unpaired) electrons. The molecule has 0 atom stereocenters. The van der Waals surface area contributed by atoms with Gasteiger partial charge in [-0.25, -0.2) is 0 Å². The molecular formula is C19H22N2O2S. The van der Waals surface area contributed by atoms with Crippen molar-refractivity contribution in [1.29, 1.82) is 0 Å². The molecule has 2 aliphatic heterocycles. The molecule has 1 spiro atoms. The first-order valence-electron chi connectivity index (χ1n) is 8.47. The van der Waals surface area contributed by atoms with Gasteiger partial charge in [-0.2, -0.15) is 11.3 Å². The van der Waals surface area contributed by atoms with Crippen LogP contribution in [-0.2, 0) is 16.1 Å². The van der Waals surface area contributed by atoms with E-state index in [9.17, 15) is 4.79 Å². The lowest BCUT2D eigenvalue weighted by molar-refractivity contribution is -0.144. The summed E-state index contributed by atoms with van der Waals surface area (Å²) in [5.41, 5.74) is 2.18. The van der Waals surface area contributed by atoms with Gasteiger partial charge in [0.2, 0.25) is 0 Å². The molecule has 1 aromatic carbocycles. The number of anilines is 1. The first kappa shape index (κ1) is 15.8. The molecular weight excluding hydrogens is 320 g/mol. The minimum atomic E-state index is -0.186. The minimum absolute atomic E-state index is 0.0625. The number of ether oxygens (including phenoxy) is 1. The standard InChI is InChI=1S/C19H22N2O2S/c22-18-13-23-19(15-21(18)17-4-2-1-3-5-17)7-9-20(10-8-19)12-16-6-11-24-14-16/h1-6,11,14H,7-10,12-13,15H2. The van der Waals surface area contributed by atoms with E-state index in [0.717, 1.165) is 38.2 Å². The summed E-state index contributed by atoms with van der Waals surface area (Å²) < 4.78 is 6.04. The lowest BCUT2D eigenvalue weighted by atomic mass is 9.89. The first-order valence-corrected chi connectivity index (χ1v) is 9.41. The number of amides is 1. The monoisotopic (exact) mass is 342 g/mol. The number of likely N-dealkylation sites (tertiary alicyclic amines) is 1. The van der Waals surface area contributed by atoms with Crippen LogP contribution in [-0.4, -0.2) is 42.6 Å². The number of hydrogen-bond donors (Lipinski definition) is 0. The quantitative estimate of drug-likeness (QED) is 0.859. The second-order valence-corrected chi connectivity index (χ2v) is 7.47. The van der Waals surface area contributed by atoms with Crippen LogP contribution in [0.4, 0.5) is 5.69 Å². The second-order valence-electron chi connectivity index (χ2n) is 6.69. The highest BCUT2D eigenvalue weighted by atomic mass is 32.1. The molecule has 1 amide bonds. The summed E-state index contributed by atoms with van der Waals surface area (Å²) in [6.45, 7) is 3.92. The normalized spacial score (nSPS) is 21.3. The molecule has 1 aromatic heterocycles. The number of para-hydroxylation sites is 1. The molecule has 24 heavy (non-hydrogen) atoms. The van der Waals surface area contributed by atoms with Gasteiger partial charge in [0.1, 0.15) is 6.61 Å². The number of hydrogen-bond acceptors (Lipinski definition) is 4. The zero-order valence-corrected chi connectivity index (χ0v) is 14.5. The van der Waals surface area contributed by atoms with Crippen molar-refractivity contribution in [3.63, 3.8) is 0 Å². The van der Waals surface area contributed by atoms with Gasteiger partial charge in [-0.05, 0) is 47.4 Å². The summed E-state index contributed by atoms with van der Waals surface area (Å²) in [7, 11) is 0. The fourth-order valence-electron chi connectivity index (χ4n) is 3.62. The number of rotatable bonds is 3. The maximum Gasteiger partial charge on any atom is 0.253 e. The number of nitrogens with zero attached hydrogens (tertiary/aromatic N) is 2. The van der Waals surface area contributed by atoms with E-state index < -0.39 is 0 Å². The maximum atomic E-state index is 12.3. The molecule has 4 nitrogen and oxygen atoms in total. The summed E-state index contributed by atoms with van der Waals surface area (Å²) in [6.07, 6.45) is 1.96. The highest BCUT2D eigenvalue weighted by molar-refractivity contribution is 7.07. The van der Waals surface area contributed by atoms with Crippen LogP contribution < -0.4 is 4.90 Å². The average molecular weight is 342 g/mol. The predicted molar refractivity (Wildman–Crippen MR) is 96.3 cm³/mol.